The molecular formula is C14H19BrO4S. The predicted molar refractivity (Wildman–Crippen MR) is 81.2 cm³/mol. The maximum Gasteiger partial charge on any atom is 0.150 e. The van der Waals surface area contributed by atoms with Gasteiger partial charge in [-0.1, -0.05) is 28.1 Å². The number of aliphatic hydroxyl groups is 2. The van der Waals surface area contributed by atoms with E-state index in [1.165, 1.54) is 0 Å². The Kier molecular flexibility index (Phi) is 4.89. The molecule has 0 bridgehead atoms. The summed E-state index contributed by atoms with van der Waals surface area (Å²) in [6.07, 6.45) is 0.994. The summed E-state index contributed by atoms with van der Waals surface area (Å²) in [5.41, 5.74) is 0.220. The van der Waals surface area contributed by atoms with Gasteiger partial charge in [-0.15, -0.1) is 0 Å². The lowest BCUT2D eigenvalue weighted by Gasteiger charge is -2.35. The van der Waals surface area contributed by atoms with E-state index in [-0.39, 0.29) is 30.6 Å². The zero-order chi connectivity index (χ0) is 14.8. The first kappa shape index (κ1) is 15.9. The highest BCUT2D eigenvalue weighted by atomic mass is 79.9. The van der Waals surface area contributed by atoms with Crippen LogP contribution in [-0.4, -0.2) is 43.4 Å². The summed E-state index contributed by atoms with van der Waals surface area (Å²) in [7, 11) is -3.03. The molecule has 1 aromatic carbocycles. The number of rotatable bonds is 5. The molecule has 1 aromatic rings. The summed E-state index contributed by atoms with van der Waals surface area (Å²) in [5.74, 6) is 0.0239. The summed E-state index contributed by atoms with van der Waals surface area (Å²) in [6.45, 7) is -0.417. The molecular weight excluding hydrogens is 344 g/mol. The molecule has 0 radical (unpaired) electrons. The molecule has 1 unspecified atom stereocenters. The highest BCUT2D eigenvalue weighted by Gasteiger charge is 2.44. The van der Waals surface area contributed by atoms with Gasteiger partial charge in [0.05, 0.1) is 24.7 Å². The van der Waals surface area contributed by atoms with E-state index in [1.807, 2.05) is 24.3 Å². The Morgan fingerprint density at radius 1 is 1.20 bits per heavy atom. The van der Waals surface area contributed by atoms with Crippen molar-refractivity contribution >= 4 is 25.8 Å². The Bertz CT molecular complexity index is 549. The van der Waals surface area contributed by atoms with E-state index in [9.17, 15) is 18.6 Å². The van der Waals surface area contributed by atoms with Gasteiger partial charge in [-0.2, -0.15) is 0 Å². The number of benzene rings is 1. The van der Waals surface area contributed by atoms with Crippen LogP contribution in [0.15, 0.2) is 28.7 Å². The lowest BCUT2D eigenvalue weighted by atomic mass is 9.72. The molecule has 1 atom stereocenters. The van der Waals surface area contributed by atoms with Crippen molar-refractivity contribution in [1.29, 1.82) is 0 Å². The molecule has 1 fully saturated rings. The second-order valence-electron chi connectivity index (χ2n) is 5.58. The average molecular weight is 363 g/mol. The van der Waals surface area contributed by atoms with Gasteiger partial charge in [-0.3, -0.25) is 0 Å². The molecule has 1 aliphatic heterocycles. The van der Waals surface area contributed by atoms with E-state index in [1.54, 1.807) is 0 Å². The number of sulfone groups is 1. The van der Waals surface area contributed by atoms with E-state index in [0.29, 0.717) is 12.8 Å². The van der Waals surface area contributed by atoms with Crippen LogP contribution in [0.3, 0.4) is 0 Å². The number of halogens is 1. The molecule has 0 aliphatic carbocycles. The Hall–Kier alpha value is -0.430. The molecule has 112 valence electrons. The third kappa shape index (κ3) is 3.42. The first-order valence-corrected chi connectivity index (χ1v) is 9.19. The fourth-order valence-electron chi connectivity index (χ4n) is 2.85. The van der Waals surface area contributed by atoms with Crippen LogP contribution in [0.2, 0.25) is 0 Å². The monoisotopic (exact) mass is 362 g/mol. The highest BCUT2D eigenvalue weighted by Crippen LogP contribution is 2.38. The van der Waals surface area contributed by atoms with Crippen LogP contribution >= 0.6 is 15.9 Å². The minimum absolute atomic E-state index is 0.0602. The molecule has 2 N–H and O–H groups in total. The number of hydrogen-bond acceptors (Lipinski definition) is 4. The van der Waals surface area contributed by atoms with E-state index < -0.39 is 15.3 Å². The molecule has 4 nitrogen and oxygen atoms in total. The van der Waals surface area contributed by atoms with Crippen LogP contribution in [-0.2, 0) is 16.3 Å². The van der Waals surface area contributed by atoms with Gasteiger partial charge in [0.2, 0.25) is 0 Å². The summed E-state index contributed by atoms with van der Waals surface area (Å²) >= 11 is 3.36. The van der Waals surface area contributed by atoms with E-state index in [0.717, 1.165) is 10.0 Å². The molecule has 1 saturated heterocycles. The summed E-state index contributed by atoms with van der Waals surface area (Å²) in [5, 5.41) is 19.5. The van der Waals surface area contributed by atoms with Gasteiger partial charge in [0.1, 0.15) is 0 Å². The third-order valence-electron chi connectivity index (χ3n) is 4.20. The Labute approximate surface area is 127 Å². The van der Waals surface area contributed by atoms with Crippen molar-refractivity contribution in [2.24, 2.45) is 11.3 Å². The SMILES string of the molecule is O=S1(=O)CCC(C(CO)(CO)Cc2ccc(Br)cc2)C1. The molecule has 20 heavy (non-hydrogen) atoms. The standard InChI is InChI=1S/C14H19BrO4S/c15-13-3-1-11(2-4-13)7-14(9-16,10-17)12-5-6-20(18,19)8-12/h1-4,12,16-17H,5-10H2. The van der Waals surface area contributed by atoms with E-state index in [4.69, 9.17) is 0 Å². The van der Waals surface area contributed by atoms with Crippen LogP contribution in [0.1, 0.15) is 12.0 Å². The molecule has 0 saturated carbocycles. The third-order valence-corrected chi connectivity index (χ3v) is 6.49. The lowest BCUT2D eigenvalue weighted by Crippen LogP contribution is -2.41. The second kappa shape index (κ2) is 6.13. The fraction of sp³-hybridized carbons (Fsp3) is 0.571. The van der Waals surface area contributed by atoms with Crippen LogP contribution < -0.4 is 0 Å². The largest absolute Gasteiger partial charge is 0.396 e. The first-order valence-electron chi connectivity index (χ1n) is 6.57. The molecule has 2 rings (SSSR count). The molecule has 1 aliphatic rings. The summed E-state index contributed by atoms with van der Waals surface area (Å²) in [4.78, 5) is 0. The normalized spacial score (nSPS) is 22.1. The number of hydrogen-bond donors (Lipinski definition) is 2. The van der Waals surface area contributed by atoms with Crippen molar-refractivity contribution in [3.05, 3.63) is 34.3 Å². The van der Waals surface area contributed by atoms with Crippen LogP contribution in [0, 0.1) is 11.3 Å². The van der Waals surface area contributed by atoms with Crippen molar-refractivity contribution in [1.82, 2.24) is 0 Å². The second-order valence-corrected chi connectivity index (χ2v) is 8.73. The zero-order valence-electron chi connectivity index (χ0n) is 11.1. The van der Waals surface area contributed by atoms with Gasteiger partial charge >= 0.3 is 0 Å². The highest BCUT2D eigenvalue weighted by molar-refractivity contribution is 9.10. The van der Waals surface area contributed by atoms with Gasteiger partial charge in [0.15, 0.2) is 9.84 Å². The van der Waals surface area contributed by atoms with Gasteiger partial charge in [0.25, 0.3) is 0 Å². The maximum atomic E-state index is 11.6. The molecule has 0 aromatic heterocycles. The topological polar surface area (TPSA) is 74.6 Å². The van der Waals surface area contributed by atoms with Crippen molar-refractivity contribution in [2.75, 3.05) is 24.7 Å². The molecule has 0 amide bonds. The van der Waals surface area contributed by atoms with Gasteiger partial charge in [-0.25, -0.2) is 8.42 Å². The summed E-state index contributed by atoms with van der Waals surface area (Å²) in [6, 6.07) is 7.65. The maximum absolute atomic E-state index is 11.6. The lowest BCUT2D eigenvalue weighted by molar-refractivity contribution is 0.0124. The van der Waals surface area contributed by atoms with Crippen LogP contribution in [0.4, 0.5) is 0 Å². The van der Waals surface area contributed by atoms with Crippen molar-refractivity contribution < 1.29 is 18.6 Å². The predicted octanol–water partition coefficient (Wildman–Crippen LogP) is 1.40. The first-order chi connectivity index (χ1) is 9.41. The molecule has 1 heterocycles. The van der Waals surface area contributed by atoms with Gasteiger partial charge in [-0.05, 0) is 36.5 Å². The Morgan fingerprint density at radius 3 is 2.25 bits per heavy atom. The quantitative estimate of drug-likeness (QED) is 0.829. The van der Waals surface area contributed by atoms with E-state index >= 15 is 0 Å². The minimum atomic E-state index is -3.03. The molecule has 6 heteroatoms. The van der Waals surface area contributed by atoms with Crippen molar-refractivity contribution in [3.63, 3.8) is 0 Å². The Morgan fingerprint density at radius 2 is 1.80 bits per heavy atom. The smallest absolute Gasteiger partial charge is 0.150 e. The van der Waals surface area contributed by atoms with E-state index in [2.05, 4.69) is 15.9 Å². The zero-order valence-corrected chi connectivity index (χ0v) is 13.5. The molecule has 0 spiro atoms. The van der Waals surface area contributed by atoms with Crippen molar-refractivity contribution in [2.45, 2.75) is 12.8 Å². The van der Waals surface area contributed by atoms with Gasteiger partial charge in [0, 0.05) is 9.89 Å². The average Bonchev–Trinajstić information content (AvgIpc) is 2.79. The minimum Gasteiger partial charge on any atom is -0.396 e. The van der Waals surface area contributed by atoms with Gasteiger partial charge < -0.3 is 10.2 Å². The van der Waals surface area contributed by atoms with Crippen molar-refractivity contribution in [3.8, 4) is 0 Å². The van der Waals surface area contributed by atoms with Crippen LogP contribution in [0.5, 0.6) is 0 Å². The summed E-state index contributed by atoms with van der Waals surface area (Å²) < 4.78 is 24.3. The number of aliphatic hydroxyl groups excluding tert-OH is 2. The fourth-order valence-corrected chi connectivity index (χ4v) is 5.06. The Balaban J connectivity index is 2.23. The van der Waals surface area contributed by atoms with Crippen LogP contribution in [0.25, 0.3) is 0 Å².